The number of carbonyl (C=O) groups excluding carboxylic acids is 1. The van der Waals surface area contributed by atoms with E-state index in [-0.39, 0.29) is 30.2 Å². The van der Waals surface area contributed by atoms with Gasteiger partial charge in [0, 0.05) is 12.2 Å². The number of ether oxygens (including phenoxy) is 1. The Labute approximate surface area is 117 Å². The summed E-state index contributed by atoms with van der Waals surface area (Å²) in [6, 6.07) is 4.30. The first-order chi connectivity index (χ1) is 8.60. The Morgan fingerprint density at radius 1 is 1.53 bits per heavy atom. The first kappa shape index (κ1) is 15.9. The number of nitrogens with two attached hydrogens (primary N) is 1. The molecule has 2 rings (SSSR count). The van der Waals surface area contributed by atoms with Gasteiger partial charge >= 0.3 is 0 Å². The van der Waals surface area contributed by atoms with Crippen LogP contribution >= 0.6 is 12.4 Å². The predicted octanol–water partition coefficient (Wildman–Crippen LogP) is 2.00. The molecule has 6 heteroatoms. The van der Waals surface area contributed by atoms with E-state index in [9.17, 15) is 9.18 Å². The minimum absolute atomic E-state index is 0. The zero-order valence-corrected chi connectivity index (χ0v) is 11.5. The van der Waals surface area contributed by atoms with E-state index in [1.807, 2.05) is 6.92 Å². The van der Waals surface area contributed by atoms with E-state index >= 15 is 0 Å². The van der Waals surface area contributed by atoms with Gasteiger partial charge < -0.3 is 15.8 Å². The Kier molecular flexibility index (Phi) is 5.72. The summed E-state index contributed by atoms with van der Waals surface area (Å²) >= 11 is 0. The highest BCUT2D eigenvalue weighted by atomic mass is 35.5. The van der Waals surface area contributed by atoms with Crippen molar-refractivity contribution in [2.75, 3.05) is 11.9 Å². The maximum Gasteiger partial charge on any atom is 0.253 e. The number of benzene rings is 1. The van der Waals surface area contributed by atoms with Crippen molar-refractivity contribution in [3.63, 3.8) is 0 Å². The predicted molar refractivity (Wildman–Crippen MR) is 74.0 cm³/mol. The number of rotatable bonds is 3. The van der Waals surface area contributed by atoms with Gasteiger partial charge in [0.05, 0.1) is 6.10 Å². The van der Waals surface area contributed by atoms with Crippen molar-refractivity contribution < 1.29 is 13.9 Å². The number of anilines is 1. The van der Waals surface area contributed by atoms with Gasteiger partial charge in [-0.25, -0.2) is 4.39 Å². The normalized spacial score (nSPS) is 21.8. The van der Waals surface area contributed by atoms with E-state index in [2.05, 4.69) is 5.32 Å². The van der Waals surface area contributed by atoms with Crippen molar-refractivity contribution in [3.8, 4) is 0 Å². The molecule has 106 valence electrons. The highest BCUT2D eigenvalue weighted by Crippen LogP contribution is 2.22. The second kappa shape index (κ2) is 6.84. The average Bonchev–Trinajstić information content (AvgIpc) is 2.82. The molecule has 0 aromatic heterocycles. The fourth-order valence-corrected chi connectivity index (χ4v) is 2.01. The summed E-state index contributed by atoms with van der Waals surface area (Å²) in [5, 5.41) is 2.69. The number of aryl methyl sites for hydroxylation is 1. The van der Waals surface area contributed by atoms with Gasteiger partial charge in [0.1, 0.15) is 11.9 Å². The second-order valence-electron chi connectivity index (χ2n) is 4.51. The fraction of sp³-hybridized carbons (Fsp3) is 0.462. The zero-order chi connectivity index (χ0) is 13.1. The summed E-state index contributed by atoms with van der Waals surface area (Å²) in [7, 11) is 0. The van der Waals surface area contributed by atoms with Crippen molar-refractivity contribution in [2.24, 2.45) is 5.73 Å². The molecule has 19 heavy (non-hydrogen) atoms. The number of hydrogen-bond acceptors (Lipinski definition) is 3. The van der Waals surface area contributed by atoms with E-state index < -0.39 is 6.10 Å². The molecule has 1 amide bonds. The molecule has 0 bridgehead atoms. The third-order valence-corrected chi connectivity index (χ3v) is 3.12. The van der Waals surface area contributed by atoms with Crippen molar-refractivity contribution >= 4 is 24.0 Å². The van der Waals surface area contributed by atoms with E-state index in [0.29, 0.717) is 18.7 Å². The van der Waals surface area contributed by atoms with Crippen LogP contribution in [0, 0.1) is 12.7 Å². The van der Waals surface area contributed by atoms with Crippen LogP contribution in [0.5, 0.6) is 0 Å². The van der Waals surface area contributed by atoms with E-state index in [4.69, 9.17) is 10.5 Å². The Morgan fingerprint density at radius 3 is 2.89 bits per heavy atom. The Hall–Kier alpha value is -1.17. The minimum atomic E-state index is -0.485. The molecule has 0 unspecified atom stereocenters. The molecule has 0 aliphatic carbocycles. The second-order valence-corrected chi connectivity index (χ2v) is 4.51. The van der Waals surface area contributed by atoms with Crippen LogP contribution in [0.4, 0.5) is 10.1 Å². The molecule has 3 N–H and O–H groups in total. The molecule has 2 atom stereocenters. The summed E-state index contributed by atoms with van der Waals surface area (Å²) in [6.45, 7) is 2.23. The van der Waals surface area contributed by atoms with Gasteiger partial charge in [-0.05, 0) is 37.5 Å². The van der Waals surface area contributed by atoms with Crippen LogP contribution in [0.1, 0.15) is 18.4 Å². The van der Waals surface area contributed by atoms with Gasteiger partial charge in [-0.15, -0.1) is 12.4 Å². The Balaban J connectivity index is 0.00000180. The molecule has 1 aromatic rings. The lowest BCUT2D eigenvalue weighted by Gasteiger charge is -2.14. The molecule has 1 aliphatic rings. The molecule has 0 radical (unpaired) electrons. The number of nitrogens with one attached hydrogen (secondary N) is 1. The number of halogens is 2. The van der Waals surface area contributed by atoms with Crippen LogP contribution in [0.15, 0.2) is 18.2 Å². The first-order valence-corrected chi connectivity index (χ1v) is 6.02. The smallest absolute Gasteiger partial charge is 0.253 e. The van der Waals surface area contributed by atoms with Crippen LogP contribution in [0.2, 0.25) is 0 Å². The van der Waals surface area contributed by atoms with Gasteiger partial charge in [-0.2, -0.15) is 0 Å². The van der Waals surface area contributed by atoms with E-state index in [0.717, 1.165) is 12.0 Å². The van der Waals surface area contributed by atoms with Crippen molar-refractivity contribution in [1.29, 1.82) is 0 Å². The monoisotopic (exact) mass is 288 g/mol. The van der Waals surface area contributed by atoms with Gasteiger partial charge in [-0.1, -0.05) is 6.07 Å². The van der Waals surface area contributed by atoms with Crippen molar-refractivity contribution in [1.82, 2.24) is 0 Å². The van der Waals surface area contributed by atoms with E-state index in [1.54, 1.807) is 6.07 Å². The molecule has 1 aliphatic heterocycles. The summed E-state index contributed by atoms with van der Waals surface area (Å²) in [5.41, 5.74) is 6.79. The number of amides is 1. The molecule has 0 saturated carbocycles. The summed E-state index contributed by atoms with van der Waals surface area (Å²) < 4.78 is 18.6. The molecule has 4 nitrogen and oxygen atoms in total. The number of hydrogen-bond donors (Lipinski definition) is 2. The van der Waals surface area contributed by atoms with Gasteiger partial charge in [0.15, 0.2) is 0 Å². The molecular weight excluding hydrogens is 271 g/mol. The fourth-order valence-electron chi connectivity index (χ4n) is 2.01. The highest BCUT2D eigenvalue weighted by molar-refractivity contribution is 5.95. The lowest BCUT2D eigenvalue weighted by molar-refractivity contribution is -0.126. The average molecular weight is 289 g/mol. The van der Waals surface area contributed by atoms with Crippen LogP contribution in [0.3, 0.4) is 0 Å². The maximum absolute atomic E-state index is 13.1. The lowest BCUT2D eigenvalue weighted by Crippen LogP contribution is -2.30. The van der Waals surface area contributed by atoms with E-state index in [1.165, 1.54) is 12.1 Å². The van der Waals surface area contributed by atoms with Gasteiger partial charge in [0.2, 0.25) is 0 Å². The largest absolute Gasteiger partial charge is 0.364 e. The van der Waals surface area contributed by atoms with Crippen molar-refractivity contribution in [2.45, 2.75) is 32.0 Å². The molecular formula is C13H18ClFN2O2. The Bertz CT molecular complexity index is 456. The minimum Gasteiger partial charge on any atom is -0.364 e. The standard InChI is InChI=1S/C13H17FN2O2.ClH/c1-8-2-3-9(14)6-11(8)16-13(17)12-5-4-10(7-15)18-12;/h2-3,6,10,12H,4-5,7,15H2,1H3,(H,16,17);1H/t10-,12+;/m1./s1. The zero-order valence-electron chi connectivity index (χ0n) is 10.7. The molecule has 0 spiro atoms. The summed E-state index contributed by atoms with van der Waals surface area (Å²) in [6.07, 6.45) is 0.911. The third kappa shape index (κ3) is 3.89. The van der Waals surface area contributed by atoms with Gasteiger partial charge in [-0.3, -0.25) is 4.79 Å². The van der Waals surface area contributed by atoms with Gasteiger partial charge in [0.25, 0.3) is 5.91 Å². The van der Waals surface area contributed by atoms with Crippen LogP contribution in [-0.2, 0) is 9.53 Å². The SMILES string of the molecule is Cc1ccc(F)cc1NC(=O)[C@@H]1CC[C@H](CN)O1.Cl. The van der Waals surface area contributed by atoms with Crippen LogP contribution in [-0.4, -0.2) is 24.7 Å². The summed E-state index contributed by atoms with van der Waals surface area (Å²) in [4.78, 5) is 11.9. The molecule has 1 aromatic carbocycles. The first-order valence-electron chi connectivity index (χ1n) is 6.02. The highest BCUT2D eigenvalue weighted by Gasteiger charge is 2.30. The quantitative estimate of drug-likeness (QED) is 0.894. The Morgan fingerprint density at radius 2 is 2.26 bits per heavy atom. The van der Waals surface area contributed by atoms with Crippen molar-refractivity contribution in [3.05, 3.63) is 29.6 Å². The topological polar surface area (TPSA) is 64.4 Å². The maximum atomic E-state index is 13.1. The van der Waals surface area contributed by atoms with Crippen LogP contribution < -0.4 is 11.1 Å². The summed E-state index contributed by atoms with van der Waals surface area (Å²) in [5.74, 6) is -0.609. The molecule has 1 fully saturated rings. The number of carbonyl (C=O) groups is 1. The lowest BCUT2D eigenvalue weighted by atomic mass is 10.1. The molecule has 1 heterocycles. The molecule has 1 saturated heterocycles. The third-order valence-electron chi connectivity index (χ3n) is 3.12. The van der Waals surface area contributed by atoms with Crippen LogP contribution in [0.25, 0.3) is 0 Å².